The molecule has 2 aromatic rings. The van der Waals surface area contributed by atoms with Gasteiger partial charge in [0.2, 0.25) is 5.82 Å². The normalized spacial score (nSPS) is 12.1. The fourth-order valence-corrected chi connectivity index (χ4v) is 2.56. The molecule has 6 nitrogen and oxygen atoms in total. The summed E-state index contributed by atoms with van der Waals surface area (Å²) in [6, 6.07) is 7.49. The van der Waals surface area contributed by atoms with E-state index in [9.17, 15) is 9.59 Å². The van der Waals surface area contributed by atoms with Crippen molar-refractivity contribution in [2.75, 3.05) is 12.8 Å². The maximum absolute atomic E-state index is 11.8. The van der Waals surface area contributed by atoms with E-state index in [4.69, 9.17) is 11.6 Å². The third-order valence-electron chi connectivity index (χ3n) is 2.67. The lowest BCUT2D eigenvalue weighted by Crippen LogP contribution is -2.28. The highest BCUT2D eigenvalue weighted by atomic mass is 35.5. The summed E-state index contributed by atoms with van der Waals surface area (Å²) in [5.41, 5.74) is 0.521. The van der Waals surface area contributed by atoms with Crippen LogP contribution in [-0.2, 0) is 0 Å². The fourth-order valence-electron chi connectivity index (χ4n) is 1.69. The average Bonchev–Trinajstić information content (AvgIpc) is 2.86. The second-order valence-electron chi connectivity index (χ2n) is 4.02. The third-order valence-corrected chi connectivity index (χ3v) is 3.91. The molecule has 3 N–H and O–H groups in total. The van der Waals surface area contributed by atoms with Crippen molar-refractivity contribution in [3.05, 3.63) is 51.2 Å². The van der Waals surface area contributed by atoms with E-state index in [1.807, 2.05) is 24.5 Å². The van der Waals surface area contributed by atoms with Gasteiger partial charge in [-0.3, -0.25) is 9.78 Å². The molecule has 1 atom stereocenters. The van der Waals surface area contributed by atoms with E-state index in [-0.39, 0.29) is 11.1 Å². The molecule has 0 saturated carbocycles. The minimum absolute atomic E-state index is 0.0269. The number of benzene rings is 1. The van der Waals surface area contributed by atoms with Gasteiger partial charge in [-0.1, -0.05) is 23.7 Å². The lowest BCUT2D eigenvalue weighted by molar-refractivity contribution is 0.0944. The van der Waals surface area contributed by atoms with Gasteiger partial charge in [0.25, 0.3) is 5.91 Å². The Labute approximate surface area is 124 Å². The van der Waals surface area contributed by atoms with Crippen LogP contribution in [-0.4, -0.2) is 33.9 Å². The van der Waals surface area contributed by atoms with Crippen molar-refractivity contribution < 1.29 is 4.79 Å². The number of carbonyl (C=O) groups is 1. The minimum Gasteiger partial charge on any atom is -0.348 e. The van der Waals surface area contributed by atoms with Gasteiger partial charge in [0.05, 0.1) is 0 Å². The van der Waals surface area contributed by atoms with E-state index in [2.05, 4.69) is 20.5 Å². The summed E-state index contributed by atoms with van der Waals surface area (Å²) in [7, 11) is 0. The van der Waals surface area contributed by atoms with Crippen molar-refractivity contribution in [1.29, 1.82) is 0 Å². The summed E-state index contributed by atoms with van der Waals surface area (Å²) < 4.78 is 0. The lowest BCUT2D eigenvalue weighted by Gasteiger charge is -2.15. The zero-order valence-corrected chi connectivity index (χ0v) is 12.2. The number of rotatable bonds is 5. The second kappa shape index (κ2) is 6.62. The Morgan fingerprint density at radius 3 is 2.95 bits per heavy atom. The standard InChI is InChI=1S/C12H13ClN4O2S/c1-20-9(7-3-2-4-8(13)5-7)6-14-11(18)10-15-12(19)17-16-10/h2-5,9H,6H2,1H3,(H,14,18)(H2,15,16,17,19). The molecule has 0 aliphatic rings. The van der Waals surface area contributed by atoms with Gasteiger partial charge in [-0.15, -0.1) is 5.10 Å². The van der Waals surface area contributed by atoms with Crippen LogP contribution in [0, 0.1) is 0 Å². The largest absolute Gasteiger partial charge is 0.348 e. The van der Waals surface area contributed by atoms with E-state index < -0.39 is 11.6 Å². The predicted octanol–water partition coefficient (Wildman–Crippen LogP) is 1.59. The van der Waals surface area contributed by atoms with Crippen molar-refractivity contribution in [2.45, 2.75) is 5.25 Å². The Morgan fingerprint density at radius 2 is 2.35 bits per heavy atom. The number of hydrogen-bond donors (Lipinski definition) is 3. The smallest absolute Gasteiger partial charge is 0.341 e. The number of aromatic amines is 2. The molecule has 20 heavy (non-hydrogen) atoms. The number of carbonyl (C=O) groups excluding carboxylic acids is 1. The van der Waals surface area contributed by atoms with Gasteiger partial charge in [0, 0.05) is 16.8 Å². The van der Waals surface area contributed by atoms with Gasteiger partial charge in [-0.2, -0.15) is 11.8 Å². The van der Waals surface area contributed by atoms with Gasteiger partial charge in [-0.05, 0) is 24.0 Å². The molecule has 106 valence electrons. The number of nitrogens with zero attached hydrogens (tertiary/aromatic N) is 1. The molecular weight excluding hydrogens is 300 g/mol. The molecule has 1 aromatic heterocycles. The molecule has 1 amide bonds. The van der Waals surface area contributed by atoms with Crippen molar-refractivity contribution in [2.24, 2.45) is 0 Å². The van der Waals surface area contributed by atoms with Gasteiger partial charge >= 0.3 is 5.69 Å². The number of aromatic nitrogens is 3. The van der Waals surface area contributed by atoms with Crippen LogP contribution in [0.1, 0.15) is 21.4 Å². The number of hydrogen-bond acceptors (Lipinski definition) is 4. The van der Waals surface area contributed by atoms with Gasteiger partial charge < -0.3 is 5.32 Å². The van der Waals surface area contributed by atoms with E-state index in [0.29, 0.717) is 11.6 Å². The van der Waals surface area contributed by atoms with E-state index >= 15 is 0 Å². The summed E-state index contributed by atoms with van der Waals surface area (Å²) in [5.74, 6) is -0.453. The Morgan fingerprint density at radius 1 is 1.55 bits per heavy atom. The number of thioether (sulfide) groups is 1. The number of H-pyrrole nitrogens is 2. The fraction of sp³-hybridized carbons (Fsp3) is 0.250. The molecule has 1 aromatic carbocycles. The summed E-state index contributed by atoms with van der Waals surface area (Å²) in [6.45, 7) is 0.412. The van der Waals surface area contributed by atoms with E-state index in [1.54, 1.807) is 17.8 Å². The van der Waals surface area contributed by atoms with E-state index in [1.165, 1.54) is 0 Å². The van der Waals surface area contributed by atoms with Gasteiger partial charge in [-0.25, -0.2) is 9.89 Å². The van der Waals surface area contributed by atoms with Crippen LogP contribution in [0.4, 0.5) is 0 Å². The summed E-state index contributed by atoms with van der Waals surface area (Å²) >= 11 is 7.56. The van der Waals surface area contributed by atoms with Crippen LogP contribution in [0.25, 0.3) is 0 Å². The maximum atomic E-state index is 11.8. The summed E-state index contributed by atoms with van der Waals surface area (Å²) in [4.78, 5) is 25.0. The Bertz CT molecular complexity index is 655. The zero-order valence-electron chi connectivity index (χ0n) is 10.6. The highest BCUT2D eigenvalue weighted by Crippen LogP contribution is 2.27. The van der Waals surface area contributed by atoms with Crippen LogP contribution < -0.4 is 11.0 Å². The van der Waals surface area contributed by atoms with Crippen molar-refractivity contribution >= 4 is 29.3 Å². The first-order valence-corrected chi connectivity index (χ1v) is 7.48. The maximum Gasteiger partial charge on any atom is 0.341 e. The molecule has 0 fully saturated rings. The quantitative estimate of drug-likeness (QED) is 0.782. The van der Waals surface area contributed by atoms with E-state index in [0.717, 1.165) is 5.56 Å². The second-order valence-corrected chi connectivity index (χ2v) is 5.49. The summed E-state index contributed by atoms with van der Waals surface area (Å²) in [6.07, 6.45) is 1.95. The first-order chi connectivity index (χ1) is 9.60. The Kier molecular flexibility index (Phi) is 4.86. The van der Waals surface area contributed by atoms with Crippen molar-refractivity contribution in [3.63, 3.8) is 0 Å². The average molecular weight is 313 g/mol. The molecule has 8 heteroatoms. The first kappa shape index (κ1) is 14.7. The molecule has 0 saturated heterocycles. The lowest BCUT2D eigenvalue weighted by atomic mass is 10.1. The van der Waals surface area contributed by atoms with Gasteiger partial charge in [0.1, 0.15) is 0 Å². The van der Waals surface area contributed by atoms with Crippen molar-refractivity contribution in [3.8, 4) is 0 Å². The molecule has 1 unspecified atom stereocenters. The zero-order chi connectivity index (χ0) is 14.5. The predicted molar refractivity (Wildman–Crippen MR) is 79.2 cm³/mol. The Hall–Kier alpha value is -1.73. The molecule has 0 aliphatic heterocycles. The topological polar surface area (TPSA) is 90.6 Å². The van der Waals surface area contributed by atoms with Crippen LogP contribution in [0.15, 0.2) is 29.1 Å². The van der Waals surface area contributed by atoms with Gasteiger partial charge in [0.15, 0.2) is 0 Å². The van der Waals surface area contributed by atoms with Crippen LogP contribution in [0.5, 0.6) is 0 Å². The highest BCUT2D eigenvalue weighted by molar-refractivity contribution is 7.98. The van der Waals surface area contributed by atoms with Crippen LogP contribution >= 0.6 is 23.4 Å². The number of amides is 1. The molecule has 2 rings (SSSR count). The number of nitrogens with one attached hydrogen (secondary N) is 3. The van der Waals surface area contributed by atoms with Crippen LogP contribution in [0.3, 0.4) is 0 Å². The monoisotopic (exact) mass is 312 g/mol. The molecule has 0 radical (unpaired) electrons. The molecule has 0 spiro atoms. The third kappa shape index (κ3) is 3.64. The first-order valence-electron chi connectivity index (χ1n) is 5.81. The molecule has 1 heterocycles. The molecule has 0 bridgehead atoms. The van der Waals surface area contributed by atoms with Crippen LogP contribution in [0.2, 0.25) is 5.02 Å². The highest BCUT2D eigenvalue weighted by Gasteiger charge is 2.14. The summed E-state index contributed by atoms with van der Waals surface area (Å²) in [5, 5.41) is 9.17. The van der Waals surface area contributed by atoms with Crippen molar-refractivity contribution in [1.82, 2.24) is 20.5 Å². The molecule has 0 aliphatic carbocycles. The SMILES string of the molecule is CSC(CNC(=O)c1n[nH]c(=O)[nH]1)c1cccc(Cl)c1. The minimum atomic E-state index is -0.508. The number of halogens is 1. The molecular formula is C12H13ClN4O2S. The Balaban J connectivity index is 2.01.